The highest BCUT2D eigenvalue weighted by Gasteiger charge is 2.34. The Morgan fingerprint density at radius 3 is 1.48 bits per heavy atom. The molecule has 0 fully saturated rings. The summed E-state index contributed by atoms with van der Waals surface area (Å²) in [6, 6.07) is 35.5. The summed E-state index contributed by atoms with van der Waals surface area (Å²) in [5.74, 6) is 2.20. The molecule has 0 aromatic heterocycles. The fraction of sp³-hybridized carbons (Fsp3) is 0.182. The lowest BCUT2D eigenvalue weighted by Gasteiger charge is -2.26. The van der Waals surface area contributed by atoms with Crippen LogP contribution in [0.25, 0.3) is 0 Å². The molecule has 2 unspecified atom stereocenters. The Labute approximate surface area is 328 Å². The van der Waals surface area contributed by atoms with Crippen LogP contribution in [0.15, 0.2) is 133 Å². The van der Waals surface area contributed by atoms with E-state index in [0.29, 0.717) is 29.7 Å². The van der Waals surface area contributed by atoms with Crippen molar-refractivity contribution in [3.8, 4) is 34.5 Å². The van der Waals surface area contributed by atoms with Crippen LogP contribution < -0.4 is 24.7 Å². The van der Waals surface area contributed by atoms with Crippen LogP contribution in [-0.4, -0.2) is 4.92 Å². The van der Waals surface area contributed by atoms with Gasteiger partial charge in [0.2, 0.25) is 5.75 Å². The molecule has 0 amide bonds. The number of halogens is 6. The fourth-order valence-electron chi connectivity index (χ4n) is 6.66. The SMILES string of the molecule is Nc1cc(C(F)(F)F)ccc1Oc1ccc2c(c1)CCC(c1ccccc1)O2.O=[N+]([O-])c1cc(C(F)(F)F)ccc1Oc1ccc2c(c1)CCC(c1ccccc1)O2. The number of benzene rings is 6. The molecule has 6 aromatic rings. The van der Waals surface area contributed by atoms with E-state index in [1.807, 2.05) is 72.8 Å². The summed E-state index contributed by atoms with van der Waals surface area (Å²) >= 11 is 0. The monoisotopic (exact) mass is 800 g/mol. The highest BCUT2D eigenvalue weighted by molar-refractivity contribution is 5.57. The number of fused-ring (bicyclic) bond motifs is 2. The van der Waals surface area contributed by atoms with Crippen molar-refractivity contribution in [1.29, 1.82) is 0 Å². The number of hydrogen-bond acceptors (Lipinski definition) is 7. The van der Waals surface area contributed by atoms with Gasteiger partial charge in [0.1, 0.15) is 41.0 Å². The van der Waals surface area contributed by atoms with Gasteiger partial charge >= 0.3 is 18.0 Å². The van der Waals surface area contributed by atoms with Gasteiger partial charge in [-0.1, -0.05) is 60.7 Å². The third kappa shape index (κ3) is 9.28. The van der Waals surface area contributed by atoms with Gasteiger partial charge in [-0.25, -0.2) is 0 Å². The predicted octanol–water partition coefficient (Wildman–Crippen LogP) is 12.6. The number of nitrogen functional groups attached to an aromatic ring is 1. The molecule has 0 saturated heterocycles. The quantitative estimate of drug-likeness (QED) is 0.0741. The number of rotatable bonds is 7. The summed E-state index contributed by atoms with van der Waals surface area (Å²) < 4.78 is 100. The van der Waals surface area contributed by atoms with Crippen molar-refractivity contribution in [2.75, 3.05) is 5.73 Å². The van der Waals surface area contributed by atoms with Crippen LogP contribution in [0.4, 0.5) is 37.7 Å². The number of nitrogens with two attached hydrogens (primary N) is 1. The summed E-state index contributed by atoms with van der Waals surface area (Å²) in [7, 11) is 0. The van der Waals surface area contributed by atoms with Crippen molar-refractivity contribution in [2.24, 2.45) is 0 Å². The molecular weight excluding hydrogens is 766 g/mol. The number of nitro groups is 1. The number of hydrogen-bond donors (Lipinski definition) is 1. The Hall–Kier alpha value is -6.70. The molecule has 0 radical (unpaired) electrons. The molecule has 14 heteroatoms. The average molecular weight is 801 g/mol. The molecule has 2 N–H and O–H groups in total. The van der Waals surface area contributed by atoms with Gasteiger partial charge in [-0.3, -0.25) is 10.1 Å². The van der Waals surface area contributed by atoms with E-state index in [4.69, 9.17) is 24.7 Å². The largest absolute Gasteiger partial charge is 0.485 e. The second-order valence-electron chi connectivity index (χ2n) is 13.5. The van der Waals surface area contributed by atoms with Crippen LogP contribution in [0, 0.1) is 10.1 Å². The number of alkyl halides is 6. The lowest BCUT2D eigenvalue weighted by molar-refractivity contribution is -0.385. The number of aryl methyl sites for hydroxylation is 2. The van der Waals surface area contributed by atoms with E-state index >= 15 is 0 Å². The van der Waals surface area contributed by atoms with Crippen molar-refractivity contribution in [1.82, 2.24) is 0 Å². The summed E-state index contributed by atoms with van der Waals surface area (Å²) in [6.07, 6.45) is -6.07. The number of ether oxygens (including phenoxy) is 4. The van der Waals surface area contributed by atoms with Crippen LogP contribution in [0.2, 0.25) is 0 Å². The van der Waals surface area contributed by atoms with Gasteiger partial charge in [0.15, 0.2) is 0 Å². The van der Waals surface area contributed by atoms with E-state index in [-0.39, 0.29) is 29.4 Å². The zero-order valence-corrected chi connectivity index (χ0v) is 30.4. The summed E-state index contributed by atoms with van der Waals surface area (Å²) in [5.41, 5.74) is 7.09. The van der Waals surface area contributed by atoms with E-state index in [1.165, 1.54) is 6.07 Å². The molecule has 298 valence electrons. The average Bonchev–Trinajstić information content (AvgIpc) is 3.21. The van der Waals surface area contributed by atoms with Crippen LogP contribution in [0.3, 0.4) is 0 Å². The van der Waals surface area contributed by atoms with E-state index < -0.39 is 34.1 Å². The van der Waals surface area contributed by atoms with Crippen molar-refractivity contribution >= 4 is 11.4 Å². The van der Waals surface area contributed by atoms with Crippen LogP contribution in [0.5, 0.6) is 34.5 Å². The Kier molecular flexibility index (Phi) is 11.2. The second-order valence-corrected chi connectivity index (χ2v) is 13.5. The Morgan fingerprint density at radius 1 is 0.586 bits per heavy atom. The van der Waals surface area contributed by atoms with Gasteiger partial charge in [0, 0.05) is 6.07 Å². The van der Waals surface area contributed by atoms with E-state index in [2.05, 4.69) is 0 Å². The molecule has 2 heterocycles. The normalized spacial score (nSPS) is 16.0. The van der Waals surface area contributed by atoms with Gasteiger partial charge in [-0.15, -0.1) is 0 Å². The first-order chi connectivity index (χ1) is 27.7. The zero-order valence-electron chi connectivity index (χ0n) is 30.4. The Morgan fingerprint density at radius 2 is 1.03 bits per heavy atom. The van der Waals surface area contributed by atoms with Crippen molar-refractivity contribution in [3.63, 3.8) is 0 Å². The summed E-state index contributed by atoms with van der Waals surface area (Å²) in [5, 5.41) is 11.2. The highest BCUT2D eigenvalue weighted by atomic mass is 19.4. The lowest BCUT2D eigenvalue weighted by Crippen LogP contribution is -2.15. The van der Waals surface area contributed by atoms with Crippen molar-refractivity contribution in [2.45, 2.75) is 50.2 Å². The smallest absolute Gasteiger partial charge is 0.416 e. The molecule has 0 bridgehead atoms. The zero-order chi connectivity index (χ0) is 41.0. The van der Waals surface area contributed by atoms with Gasteiger partial charge in [-0.05, 0) is 115 Å². The molecule has 0 saturated carbocycles. The Bertz CT molecular complexity index is 2410. The van der Waals surface area contributed by atoms with Crippen molar-refractivity contribution in [3.05, 3.63) is 177 Å². The minimum absolute atomic E-state index is 0.00558. The standard InChI is InChI=1S/C22H16F3NO4.C22H18F3NO2/c23-22(24,25)16-7-10-21(18(13-16)26(27)28)29-17-8-11-20-15(12-17)6-9-19(30-20)14-4-2-1-3-5-14;23-22(24,25)16-7-10-21(18(26)13-16)27-17-8-11-20-15(12-17)6-9-19(28-20)14-4-2-1-3-5-14/h1-5,7-8,10-13,19H,6,9H2;1-5,7-8,10-13,19H,6,9,26H2. The number of anilines is 1. The van der Waals surface area contributed by atoms with E-state index in [9.17, 15) is 36.5 Å². The molecule has 2 atom stereocenters. The minimum atomic E-state index is -4.68. The lowest BCUT2D eigenvalue weighted by atomic mass is 9.97. The number of nitrogens with zero attached hydrogens (tertiary/aromatic N) is 1. The third-order valence-electron chi connectivity index (χ3n) is 9.57. The highest BCUT2D eigenvalue weighted by Crippen LogP contribution is 2.42. The fourth-order valence-corrected chi connectivity index (χ4v) is 6.66. The third-order valence-corrected chi connectivity index (χ3v) is 9.57. The maximum atomic E-state index is 12.9. The minimum Gasteiger partial charge on any atom is -0.485 e. The molecule has 2 aliphatic rings. The molecule has 0 aliphatic carbocycles. The first kappa shape index (κ1) is 39.5. The number of nitro benzene ring substituents is 1. The van der Waals surface area contributed by atoms with Gasteiger partial charge < -0.3 is 24.7 Å². The van der Waals surface area contributed by atoms with Gasteiger partial charge in [-0.2, -0.15) is 26.3 Å². The Balaban J connectivity index is 0.000000177. The van der Waals surface area contributed by atoms with Gasteiger partial charge in [0.05, 0.1) is 21.7 Å². The summed E-state index contributed by atoms with van der Waals surface area (Å²) in [4.78, 5) is 10.3. The molecule has 8 nitrogen and oxygen atoms in total. The maximum absolute atomic E-state index is 12.9. The predicted molar refractivity (Wildman–Crippen MR) is 203 cm³/mol. The molecule has 0 spiro atoms. The van der Waals surface area contributed by atoms with E-state index in [1.54, 1.807) is 24.3 Å². The topological polar surface area (TPSA) is 106 Å². The molecule has 58 heavy (non-hydrogen) atoms. The molecule has 8 rings (SSSR count). The van der Waals surface area contributed by atoms with Crippen LogP contribution >= 0.6 is 0 Å². The summed E-state index contributed by atoms with van der Waals surface area (Å²) in [6.45, 7) is 0. The maximum Gasteiger partial charge on any atom is 0.416 e. The first-order valence-electron chi connectivity index (χ1n) is 18.1. The van der Waals surface area contributed by atoms with E-state index in [0.717, 1.165) is 71.5 Å². The first-order valence-corrected chi connectivity index (χ1v) is 18.1. The molecular formula is C44H34F6N2O6. The van der Waals surface area contributed by atoms with Crippen molar-refractivity contribution < 1.29 is 50.2 Å². The van der Waals surface area contributed by atoms with Crippen LogP contribution in [-0.2, 0) is 25.2 Å². The second kappa shape index (κ2) is 16.4. The molecule has 2 aliphatic heterocycles. The van der Waals surface area contributed by atoms with Gasteiger partial charge in [0.25, 0.3) is 0 Å². The molecule has 6 aromatic carbocycles. The van der Waals surface area contributed by atoms with Crippen LogP contribution in [0.1, 0.15) is 58.4 Å².